The third kappa shape index (κ3) is 4.36. The number of aromatic amines is 1. The number of alkyl halides is 3. The highest BCUT2D eigenvalue weighted by Crippen LogP contribution is 2.54. The number of dihydropyridines is 1. The second-order valence-corrected chi connectivity index (χ2v) is 9.20. The number of allylic oxidation sites excluding steroid dienone is 2. The van der Waals surface area contributed by atoms with Gasteiger partial charge < -0.3 is 20.1 Å². The van der Waals surface area contributed by atoms with Crippen LogP contribution in [0.3, 0.4) is 0 Å². The zero-order valence-electron chi connectivity index (χ0n) is 18.4. The van der Waals surface area contributed by atoms with E-state index in [4.69, 9.17) is 4.74 Å². The first-order chi connectivity index (χ1) is 15.5. The third-order valence-corrected chi connectivity index (χ3v) is 6.38. The number of rotatable bonds is 7. The van der Waals surface area contributed by atoms with Crippen LogP contribution in [0.4, 0.5) is 13.2 Å². The number of carboxylic acids is 1. The van der Waals surface area contributed by atoms with E-state index >= 15 is 0 Å². The zero-order chi connectivity index (χ0) is 23.9. The number of hydrogen-bond donors (Lipinski definition) is 3. The van der Waals surface area contributed by atoms with Crippen LogP contribution in [0, 0.1) is 5.41 Å². The Morgan fingerprint density at radius 3 is 2.52 bits per heavy atom. The molecule has 0 spiro atoms. The summed E-state index contributed by atoms with van der Waals surface area (Å²) in [6.07, 6.45) is 3.24. The number of benzene rings is 1. The molecule has 2 aliphatic rings. The maximum Gasteiger partial charge on any atom is 0.399 e. The molecule has 0 saturated heterocycles. The number of hydrogen-bond acceptors (Lipinski definition) is 4. The predicted molar refractivity (Wildman–Crippen MR) is 117 cm³/mol. The van der Waals surface area contributed by atoms with Crippen molar-refractivity contribution in [2.45, 2.75) is 50.7 Å². The molecule has 1 fully saturated rings. The predicted octanol–water partition coefficient (Wildman–Crippen LogP) is 5.12. The quantitative estimate of drug-likeness (QED) is 0.533. The summed E-state index contributed by atoms with van der Waals surface area (Å²) < 4.78 is 46.5. The summed E-state index contributed by atoms with van der Waals surface area (Å²) in [4.78, 5) is 18.4. The molecule has 0 amide bonds. The number of aliphatic carboxylic acids is 1. The Labute approximate surface area is 189 Å². The fourth-order valence-electron chi connectivity index (χ4n) is 3.90. The molecule has 1 aliphatic carbocycles. The standard InChI is InChI=1S/C24H26F3N3O3/c1-22(2,21(31)32)14-33-16-9-7-15(8-10-16)17-5-3-6-18(29-17)20-28-13-19(30-20)23(11-4-12-23)24(25,26)27/h3,5-10,13,18,29H,4,11-12,14H2,1-2H3,(H,28,30)(H,31,32). The van der Waals surface area contributed by atoms with Crippen molar-refractivity contribution in [3.8, 4) is 5.75 Å². The molecule has 1 aromatic carbocycles. The Kier molecular flexibility index (Phi) is 5.76. The Bertz CT molecular complexity index is 1080. The lowest BCUT2D eigenvalue weighted by Gasteiger charge is -2.42. The number of ether oxygens (including phenoxy) is 1. The molecule has 0 radical (unpaired) electrons. The van der Waals surface area contributed by atoms with Crippen LogP contribution in [-0.2, 0) is 10.2 Å². The minimum atomic E-state index is -4.31. The second kappa shape index (κ2) is 8.28. The first kappa shape index (κ1) is 22.9. The molecule has 2 aromatic rings. The van der Waals surface area contributed by atoms with Crippen LogP contribution in [-0.4, -0.2) is 33.8 Å². The fourth-order valence-corrected chi connectivity index (χ4v) is 3.90. The Hall–Kier alpha value is -3.23. The Balaban J connectivity index is 1.44. The number of carbonyl (C=O) groups is 1. The highest BCUT2D eigenvalue weighted by molar-refractivity contribution is 5.73. The van der Waals surface area contributed by atoms with Gasteiger partial charge in [-0.2, -0.15) is 13.2 Å². The van der Waals surface area contributed by atoms with Gasteiger partial charge in [0.15, 0.2) is 0 Å². The number of imidazole rings is 1. The largest absolute Gasteiger partial charge is 0.492 e. The minimum Gasteiger partial charge on any atom is -0.492 e. The lowest BCUT2D eigenvalue weighted by atomic mass is 9.66. The summed E-state index contributed by atoms with van der Waals surface area (Å²) >= 11 is 0. The molecular formula is C24H26F3N3O3. The van der Waals surface area contributed by atoms with Gasteiger partial charge in [-0.05, 0) is 62.6 Å². The maximum atomic E-state index is 13.6. The van der Waals surface area contributed by atoms with Crippen molar-refractivity contribution >= 4 is 11.7 Å². The van der Waals surface area contributed by atoms with Gasteiger partial charge in [-0.3, -0.25) is 4.79 Å². The molecule has 1 aliphatic heterocycles. The summed E-state index contributed by atoms with van der Waals surface area (Å²) in [5, 5.41) is 12.5. The van der Waals surface area contributed by atoms with Crippen LogP contribution < -0.4 is 10.1 Å². The van der Waals surface area contributed by atoms with E-state index in [0.29, 0.717) is 18.0 Å². The van der Waals surface area contributed by atoms with Gasteiger partial charge in [0.25, 0.3) is 0 Å². The van der Waals surface area contributed by atoms with Gasteiger partial charge in [0, 0.05) is 11.9 Å². The van der Waals surface area contributed by atoms with Crippen LogP contribution >= 0.6 is 0 Å². The fraction of sp³-hybridized carbons (Fsp3) is 0.417. The molecule has 1 saturated carbocycles. The van der Waals surface area contributed by atoms with Crippen LogP contribution in [0.1, 0.15) is 56.2 Å². The SMILES string of the molecule is CC(C)(COc1ccc(C2=CC=CC(c3ncc(C4(C(F)(F)F)CCC4)[nH]3)N2)cc1)C(=O)O. The van der Waals surface area contributed by atoms with Gasteiger partial charge in [-0.15, -0.1) is 0 Å². The minimum absolute atomic E-state index is 0.0354. The summed E-state index contributed by atoms with van der Waals surface area (Å²) in [5.41, 5.74) is -1.07. The van der Waals surface area contributed by atoms with Gasteiger partial charge in [0.1, 0.15) is 29.6 Å². The number of carboxylic acid groups (broad SMARTS) is 1. The molecule has 1 atom stereocenters. The van der Waals surface area contributed by atoms with E-state index in [9.17, 15) is 23.1 Å². The molecule has 2 heterocycles. The van der Waals surface area contributed by atoms with Crippen LogP contribution in [0.15, 0.2) is 48.7 Å². The lowest BCUT2D eigenvalue weighted by Crippen LogP contribution is -2.48. The first-order valence-corrected chi connectivity index (χ1v) is 10.8. The van der Waals surface area contributed by atoms with Crippen molar-refractivity contribution in [2.24, 2.45) is 5.41 Å². The van der Waals surface area contributed by atoms with Crippen molar-refractivity contribution < 1.29 is 27.8 Å². The van der Waals surface area contributed by atoms with Gasteiger partial charge in [-0.25, -0.2) is 4.98 Å². The second-order valence-electron chi connectivity index (χ2n) is 9.20. The van der Waals surface area contributed by atoms with Gasteiger partial charge >= 0.3 is 12.1 Å². The molecule has 0 bridgehead atoms. The topological polar surface area (TPSA) is 87.2 Å². The molecule has 176 valence electrons. The van der Waals surface area contributed by atoms with Crippen molar-refractivity contribution in [2.75, 3.05) is 6.61 Å². The van der Waals surface area contributed by atoms with Crippen LogP contribution in [0.5, 0.6) is 5.75 Å². The molecule has 3 N–H and O–H groups in total. The number of H-pyrrole nitrogens is 1. The molecule has 6 nitrogen and oxygen atoms in total. The van der Waals surface area contributed by atoms with E-state index in [0.717, 1.165) is 11.3 Å². The zero-order valence-corrected chi connectivity index (χ0v) is 18.4. The molecule has 33 heavy (non-hydrogen) atoms. The van der Waals surface area contributed by atoms with Crippen LogP contribution in [0.25, 0.3) is 5.70 Å². The summed E-state index contributed by atoms with van der Waals surface area (Å²) in [5.74, 6) is 0.0384. The van der Waals surface area contributed by atoms with E-state index in [-0.39, 0.29) is 25.1 Å². The van der Waals surface area contributed by atoms with E-state index in [1.165, 1.54) is 6.20 Å². The Morgan fingerprint density at radius 2 is 1.94 bits per heavy atom. The van der Waals surface area contributed by atoms with Gasteiger partial charge in [-0.1, -0.05) is 18.6 Å². The van der Waals surface area contributed by atoms with Crippen molar-refractivity contribution in [1.82, 2.24) is 15.3 Å². The summed E-state index contributed by atoms with van der Waals surface area (Å²) in [7, 11) is 0. The summed E-state index contributed by atoms with van der Waals surface area (Å²) in [6, 6.07) is 6.77. The van der Waals surface area contributed by atoms with E-state index < -0.39 is 29.0 Å². The monoisotopic (exact) mass is 461 g/mol. The number of nitrogens with one attached hydrogen (secondary N) is 2. The first-order valence-electron chi connectivity index (χ1n) is 10.8. The van der Waals surface area contributed by atoms with E-state index in [1.54, 1.807) is 26.0 Å². The highest BCUT2D eigenvalue weighted by atomic mass is 19.4. The molecule has 1 aromatic heterocycles. The van der Waals surface area contributed by atoms with Gasteiger partial charge in [0.05, 0.1) is 11.1 Å². The average Bonchev–Trinajstić information content (AvgIpc) is 3.21. The normalized spacial score (nSPS) is 19.9. The molecule has 1 unspecified atom stereocenters. The average molecular weight is 461 g/mol. The highest BCUT2D eigenvalue weighted by Gasteiger charge is 2.60. The Morgan fingerprint density at radius 1 is 1.24 bits per heavy atom. The number of halogens is 3. The number of aromatic nitrogens is 2. The molecule has 4 rings (SSSR count). The smallest absolute Gasteiger partial charge is 0.399 e. The lowest BCUT2D eigenvalue weighted by molar-refractivity contribution is -0.214. The third-order valence-electron chi connectivity index (χ3n) is 6.38. The van der Waals surface area contributed by atoms with Gasteiger partial charge in [0.2, 0.25) is 0 Å². The summed E-state index contributed by atoms with van der Waals surface area (Å²) in [6.45, 7) is 3.22. The maximum absolute atomic E-state index is 13.6. The van der Waals surface area contributed by atoms with Crippen molar-refractivity contribution in [3.05, 3.63) is 65.8 Å². The van der Waals surface area contributed by atoms with Crippen molar-refractivity contribution in [1.29, 1.82) is 0 Å². The van der Waals surface area contributed by atoms with E-state index in [2.05, 4.69) is 15.3 Å². The van der Waals surface area contributed by atoms with Crippen molar-refractivity contribution in [3.63, 3.8) is 0 Å². The van der Waals surface area contributed by atoms with Crippen LogP contribution in [0.2, 0.25) is 0 Å². The molecular weight excluding hydrogens is 435 g/mol. The van der Waals surface area contributed by atoms with E-state index in [1.807, 2.05) is 30.4 Å². The molecule has 9 heteroatoms. The number of nitrogens with zero attached hydrogens (tertiary/aromatic N) is 1.